The highest BCUT2D eigenvalue weighted by Crippen LogP contribution is 1.81. The summed E-state index contributed by atoms with van der Waals surface area (Å²) < 4.78 is 0. The second kappa shape index (κ2) is 12.6. The minimum atomic E-state index is -1.26. The molecule has 0 bridgehead atoms. The van der Waals surface area contributed by atoms with Crippen molar-refractivity contribution in [3.63, 3.8) is 0 Å². The Hall–Kier alpha value is -2.09. The van der Waals surface area contributed by atoms with Crippen LogP contribution >= 0.6 is 0 Å². The smallest absolute Gasteiger partial charge is 0.345 e. The van der Waals surface area contributed by atoms with Crippen LogP contribution in [0.5, 0.6) is 0 Å². The molecule has 0 spiro atoms. The summed E-state index contributed by atoms with van der Waals surface area (Å²) in [4.78, 5) is 18.6. The van der Waals surface area contributed by atoms with Crippen LogP contribution < -0.4 is 0 Å². The molecule has 5 heteroatoms. The molecule has 0 heterocycles. The highest BCUT2D eigenvalue weighted by atomic mass is 16.4. The van der Waals surface area contributed by atoms with Crippen LogP contribution in [0.2, 0.25) is 0 Å². The van der Waals surface area contributed by atoms with Gasteiger partial charge in [-0.05, 0) is 0 Å². The summed E-state index contributed by atoms with van der Waals surface area (Å²) in [6, 6.07) is 1.37. The molecule has 13 heavy (non-hydrogen) atoms. The van der Waals surface area contributed by atoms with E-state index in [9.17, 15) is 4.79 Å². The maximum absolute atomic E-state index is 9.61. The molecule has 0 rings (SSSR count). The number of nitrogens with zero attached hydrogens (tertiary/aromatic N) is 1. The Bertz CT molecular complexity index is 223. The Morgan fingerprint density at radius 3 is 1.54 bits per heavy atom. The van der Waals surface area contributed by atoms with Crippen LogP contribution in [0.25, 0.3) is 0 Å². The molecule has 0 atom stereocenters. The van der Waals surface area contributed by atoms with Gasteiger partial charge in [-0.3, -0.25) is 4.79 Å². The van der Waals surface area contributed by atoms with Crippen LogP contribution in [0, 0.1) is 11.3 Å². The van der Waals surface area contributed by atoms with Crippen molar-refractivity contribution in [2.24, 2.45) is 0 Å². The van der Waals surface area contributed by atoms with E-state index in [0.29, 0.717) is 0 Å². The Morgan fingerprint density at radius 1 is 1.31 bits per heavy atom. The topological polar surface area (TPSA) is 98.4 Å². The number of hydrogen-bond acceptors (Lipinski definition) is 3. The molecule has 0 fully saturated rings. The highest BCUT2D eigenvalue weighted by Gasteiger charge is 1.97. The summed E-state index contributed by atoms with van der Waals surface area (Å²) in [5.41, 5.74) is -0.431. The van der Waals surface area contributed by atoms with E-state index in [4.69, 9.17) is 20.3 Å². The fraction of sp³-hybridized carbons (Fsp3) is 0.125. The molecular weight excluding hydrogens is 174 g/mol. The van der Waals surface area contributed by atoms with E-state index in [1.807, 2.05) is 0 Å². The number of aliphatic carboxylic acids is 2. The molecule has 5 nitrogen and oxygen atoms in total. The summed E-state index contributed by atoms with van der Waals surface area (Å²) in [6.45, 7) is 10.00. The van der Waals surface area contributed by atoms with Gasteiger partial charge in [0.15, 0.2) is 0 Å². The molecule has 0 unspecified atom stereocenters. The van der Waals surface area contributed by atoms with Crippen molar-refractivity contribution in [3.05, 3.63) is 25.3 Å². The van der Waals surface area contributed by atoms with Gasteiger partial charge in [0.05, 0.1) is 0 Å². The van der Waals surface area contributed by atoms with Crippen molar-refractivity contribution < 1.29 is 19.8 Å². The van der Waals surface area contributed by atoms with Crippen molar-refractivity contribution in [1.82, 2.24) is 0 Å². The predicted molar refractivity (Wildman–Crippen MR) is 47.0 cm³/mol. The van der Waals surface area contributed by atoms with Gasteiger partial charge in [0, 0.05) is 6.92 Å². The molecule has 0 aliphatic heterocycles. The minimum absolute atomic E-state index is 0.431. The molecule has 72 valence electrons. The van der Waals surface area contributed by atoms with Crippen LogP contribution in [0.15, 0.2) is 25.3 Å². The molecule has 0 aromatic carbocycles. The number of carboxylic acids is 2. The van der Waals surface area contributed by atoms with E-state index in [1.165, 1.54) is 6.07 Å². The summed E-state index contributed by atoms with van der Waals surface area (Å²) in [5, 5.41) is 23.1. The van der Waals surface area contributed by atoms with Crippen molar-refractivity contribution in [2.75, 3.05) is 0 Å². The van der Waals surface area contributed by atoms with Crippen LogP contribution in [0.4, 0.5) is 0 Å². The average molecular weight is 185 g/mol. The first-order valence-corrected chi connectivity index (χ1v) is 2.93. The molecule has 0 amide bonds. The van der Waals surface area contributed by atoms with Crippen molar-refractivity contribution in [1.29, 1.82) is 5.26 Å². The van der Waals surface area contributed by atoms with Crippen LogP contribution in [-0.2, 0) is 9.59 Å². The quantitative estimate of drug-likeness (QED) is 0.361. The van der Waals surface area contributed by atoms with E-state index in [0.717, 1.165) is 6.92 Å². The molecule has 0 aromatic rings. The third-order valence-electron chi connectivity index (χ3n) is 0.393. The first kappa shape index (κ1) is 17.1. The molecular formula is C8H11NO4. The lowest BCUT2D eigenvalue weighted by molar-refractivity contribution is -0.134. The number of carbonyl (C=O) groups is 2. The standard InChI is InChI=1S/C4H3NO2.C2H4O2.C2H4/c1-3(2-5)4(6)7;1-2(3)4;1-2/h1H2,(H,6,7);1H3,(H,3,4);1-2H2. The zero-order valence-corrected chi connectivity index (χ0v) is 7.28. The predicted octanol–water partition coefficient (Wildman–Crippen LogP) is 1.04. The average Bonchev–Trinajstić information content (AvgIpc) is 2.05. The largest absolute Gasteiger partial charge is 0.481 e. The first-order chi connectivity index (χ1) is 5.91. The minimum Gasteiger partial charge on any atom is -0.481 e. The monoisotopic (exact) mass is 185 g/mol. The zero-order chi connectivity index (χ0) is 11.4. The molecule has 0 aromatic heterocycles. The van der Waals surface area contributed by atoms with Crippen LogP contribution in [0.3, 0.4) is 0 Å². The zero-order valence-electron chi connectivity index (χ0n) is 7.28. The second-order valence-corrected chi connectivity index (χ2v) is 1.41. The maximum atomic E-state index is 9.61. The van der Waals surface area contributed by atoms with E-state index < -0.39 is 17.5 Å². The highest BCUT2D eigenvalue weighted by molar-refractivity contribution is 5.90. The van der Waals surface area contributed by atoms with Gasteiger partial charge in [-0.15, -0.1) is 13.2 Å². The fourth-order valence-corrected chi connectivity index (χ4v) is 0.0478. The maximum Gasteiger partial charge on any atom is 0.345 e. The third kappa shape index (κ3) is 40.6. The fourth-order valence-electron chi connectivity index (χ4n) is 0.0478. The molecule has 0 aliphatic carbocycles. The number of hydrogen-bond donors (Lipinski definition) is 2. The lowest BCUT2D eigenvalue weighted by atomic mass is 10.4. The Kier molecular flexibility index (Phi) is 16.6. The second-order valence-electron chi connectivity index (χ2n) is 1.41. The van der Waals surface area contributed by atoms with Crippen molar-refractivity contribution in [2.45, 2.75) is 6.92 Å². The van der Waals surface area contributed by atoms with Gasteiger partial charge < -0.3 is 10.2 Å². The van der Waals surface area contributed by atoms with E-state index in [1.54, 1.807) is 0 Å². The molecule has 0 radical (unpaired) electrons. The van der Waals surface area contributed by atoms with Crippen LogP contribution in [0.1, 0.15) is 6.92 Å². The lowest BCUT2D eigenvalue weighted by Crippen LogP contribution is -1.94. The molecule has 2 N–H and O–H groups in total. The van der Waals surface area contributed by atoms with Gasteiger partial charge >= 0.3 is 5.97 Å². The van der Waals surface area contributed by atoms with E-state index >= 15 is 0 Å². The van der Waals surface area contributed by atoms with Crippen LogP contribution in [-0.4, -0.2) is 22.2 Å². The van der Waals surface area contributed by atoms with Gasteiger partial charge in [0.2, 0.25) is 0 Å². The summed E-state index contributed by atoms with van der Waals surface area (Å²) >= 11 is 0. The van der Waals surface area contributed by atoms with E-state index in [2.05, 4.69) is 19.7 Å². The summed E-state index contributed by atoms with van der Waals surface area (Å²) in [5.74, 6) is -2.09. The first-order valence-electron chi connectivity index (χ1n) is 2.93. The van der Waals surface area contributed by atoms with Gasteiger partial charge in [-0.2, -0.15) is 5.26 Å². The van der Waals surface area contributed by atoms with Gasteiger partial charge in [-0.1, -0.05) is 6.58 Å². The van der Waals surface area contributed by atoms with Gasteiger partial charge in [0.25, 0.3) is 5.97 Å². The molecule has 0 aliphatic rings. The van der Waals surface area contributed by atoms with Crippen molar-refractivity contribution in [3.8, 4) is 6.07 Å². The van der Waals surface area contributed by atoms with Gasteiger partial charge in [0.1, 0.15) is 11.6 Å². The number of nitriles is 1. The SMILES string of the molecule is C=C.C=C(C#N)C(=O)O.CC(=O)O. The summed E-state index contributed by atoms with van der Waals surface area (Å²) in [6.07, 6.45) is 0. The Morgan fingerprint density at radius 2 is 1.54 bits per heavy atom. The number of carboxylic acid groups (broad SMARTS) is 2. The number of rotatable bonds is 1. The Labute approximate surface area is 76.2 Å². The normalized spacial score (nSPS) is 5.85. The van der Waals surface area contributed by atoms with Gasteiger partial charge in [-0.25, -0.2) is 4.79 Å². The Balaban J connectivity index is -0.000000142. The van der Waals surface area contributed by atoms with E-state index in [-0.39, 0.29) is 0 Å². The lowest BCUT2D eigenvalue weighted by Gasteiger charge is -1.76. The molecule has 0 saturated carbocycles. The molecule has 0 saturated heterocycles. The third-order valence-corrected chi connectivity index (χ3v) is 0.393. The van der Waals surface area contributed by atoms with Crippen molar-refractivity contribution >= 4 is 11.9 Å². The summed E-state index contributed by atoms with van der Waals surface area (Å²) in [7, 11) is 0.